The Labute approximate surface area is 366 Å². The van der Waals surface area contributed by atoms with Gasteiger partial charge in [0.05, 0.1) is 33.7 Å². The van der Waals surface area contributed by atoms with E-state index in [1.54, 1.807) is 13.0 Å². The van der Waals surface area contributed by atoms with E-state index in [0.29, 0.717) is 18.6 Å². The molecule has 2 aromatic carbocycles. The van der Waals surface area contributed by atoms with Gasteiger partial charge in [-0.3, -0.25) is 9.59 Å². The zero-order valence-electron chi connectivity index (χ0n) is 37.4. The minimum Gasteiger partial charge on any atom is -0.492 e. The molecule has 0 bridgehead atoms. The van der Waals surface area contributed by atoms with E-state index in [9.17, 15) is 28.8 Å². The highest BCUT2D eigenvalue weighted by Crippen LogP contribution is 2.33. The van der Waals surface area contributed by atoms with Gasteiger partial charge >= 0.3 is 35.8 Å². The zero-order valence-corrected chi connectivity index (χ0v) is 37.4. The first-order chi connectivity index (χ1) is 29.5. The summed E-state index contributed by atoms with van der Waals surface area (Å²) in [5.41, 5.74) is 3.71. The fraction of sp³-hybridized carbons (Fsp3) is 0.469. The largest absolute Gasteiger partial charge is 0.492 e. The highest BCUT2D eigenvalue weighted by atomic mass is 16.6. The van der Waals surface area contributed by atoms with Gasteiger partial charge in [0.15, 0.2) is 0 Å². The van der Waals surface area contributed by atoms with Crippen molar-refractivity contribution in [2.45, 2.75) is 98.3 Å². The molecule has 0 atom stereocenters. The number of ether oxygens (including phenoxy) is 7. The molecule has 0 spiro atoms. The van der Waals surface area contributed by atoms with Gasteiger partial charge in [0.2, 0.25) is 0 Å². The lowest BCUT2D eigenvalue weighted by Crippen LogP contribution is -2.44. The number of aryl methyl sites for hydroxylation is 3. The predicted octanol–water partition coefficient (Wildman–Crippen LogP) is 8.29. The Kier molecular flexibility index (Phi) is 22.8. The highest BCUT2D eigenvalue weighted by Gasteiger charge is 2.38. The highest BCUT2D eigenvalue weighted by molar-refractivity contribution is 5.94. The molecule has 0 aliphatic carbocycles. The molecule has 0 heterocycles. The normalized spacial score (nSPS) is 10.8. The summed E-state index contributed by atoms with van der Waals surface area (Å²) in [5.74, 6) is -4.22. The van der Waals surface area contributed by atoms with Gasteiger partial charge in [-0.05, 0) is 85.9 Å². The summed E-state index contributed by atoms with van der Waals surface area (Å²) in [5, 5.41) is 0. The van der Waals surface area contributed by atoms with Gasteiger partial charge in [0, 0.05) is 22.3 Å². The molecule has 0 aliphatic rings. The Morgan fingerprint density at radius 1 is 0.581 bits per heavy atom. The quantitative estimate of drug-likeness (QED) is 0.0332. The van der Waals surface area contributed by atoms with Crippen LogP contribution < -0.4 is 4.74 Å². The Balaban J connectivity index is 2.59. The molecule has 13 heteroatoms. The maximum Gasteiger partial charge on any atom is 0.333 e. The maximum absolute atomic E-state index is 13.0. The van der Waals surface area contributed by atoms with E-state index >= 15 is 0 Å². The van der Waals surface area contributed by atoms with Gasteiger partial charge < -0.3 is 33.2 Å². The molecule has 338 valence electrons. The van der Waals surface area contributed by atoms with Gasteiger partial charge in [-0.1, -0.05) is 90.1 Å². The number of carbonyl (C=O) groups excluding carboxylic acids is 6. The first-order valence-corrected chi connectivity index (χ1v) is 20.9. The van der Waals surface area contributed by atoms with Crippen molar-refractivity contribution in [3.8, 4) is 16.9 Å². The lowest BCUT2D eigenvalue weighted by molar-refractivity contribution is -0.163. The molecule has 2 rings (SSSR count). The summed E-state index contributed by atoms with van der Waals surface area (Å²) in [6.45, 7) is 20.0. The average Bonchev–Trinajstić information content (AvgIpc) is 3.26. The van der Waals surface area contributed by atoms with Crippen molar-refractivity contribution in [2.75, 3.05) is 47.3 Å². The van der Waals surface area contributed by atoms with Crippen molar-refractivity contribution in [3.63, 3.8) is 0 Å². The summed E-state index contributed by atoms with van der Waals surface area (Å²) in [4.78, 5) is 74.8. The van der Waals surface area contributed by atoms with Gasteiger partial charge in [-0.15, -0.1) is 0 Å². The number of esters is 6. The summed E-state index contributed by atoms with van der Waals surface area (Å²) in [6.07, 6.45) is 7.63. The van der Waals surface area contributed by atoms with Crippen molar-refractivity contribution >= 4 is 35.8 Å². The van der Waals surface area contributed by atoms with Gasteiger partial charge in [-0.25, -0.2) is 19.2 Å². The van der Waals surface area contributed by atoms with Crippen LogP contribution in [0, 0.1) is 5.41 Å². The zero-order chi connectivity index (χ0) is 46.2. The standard InChI is InChI=1S/C49H64O13/c1-11-13-14-15-16-18-37-20-22-41(38(12-2)27-37)39-21-23-42(40(28-39)19-17-24-58-45(52)33(3)4)59-29-49(32-62-46(53)34(5)6,30-60-43(50)25-35(7)47(54)56-9)31-61-44(51)26-36(8)48(55)57-10/h20-23,27-28H,3,5,7-8,11-19,24-26,29-32H2,1-2,4,6,9-10H3. The molecule has 13 nitrogen and oxygen atoms in total. The van der Waals surface area contributed by atoms with Crippen molar-refractivity contribution in [1.82, 2.24) is 0 Å². The number of carbonyl (C=O) groups is 6. The Bertz CT molecular complexity index is 1890. The third-order valence-electron chi connectivity index (χ3n) is 9.80. The van der Waals surface area contributed by atoms with Crippen LogP contribution in [-0.2, 0) is 76.5 Å². The van der Waals surface area contributed by atoms with Crippen LogP contribution >= 0.6 is 0 Å². The van der Waals surface area contributed by atoms with Crippen LogP contribution in [0.1, 0.15) is 95.8 Å². The number of hydrogen-bond acceptors (Lipinski definition) is 13. The van der Waals surface area contributed by atoms with E-state index in [0.717, 1.165) is 50.2 Å². The maximum atomic E-state index is 13.0. The molecule has 2 aromatic rings. The van der Waals surface area contributed by atoms with Crippen LogP contribution in [0.25, 0.3) is 11.1 Å². The summed E-state index contributed by atoms with van der Waals surface area (Å²) in [6, 6.07) is 12.3. The average molecular weight is 861 g/mol. The fourth-order valence-electron chi connectivity index (χ4n) is 6.12. The Hall–Kier alpha value is -5.98. The van der Waals surface area contributed by atoms with Gasteiger partial charge in [-0.2, -0.15) is 0 Å². The second-order valence-electron chi connectivity index (χ2n) is 15.4. The monoisotopic (exact) mass is 860 g/mol. The van der Waals surface area contributed by atoms with Crippen molar-refractivity contribution < 1.29 is 61.9 Å². The van der Waals surface area contributed by atoms with E-state index in [2.05, 4.69) is 67.8 Å². The molecular formula is C49H64O13. The van der Waals surface area contributed by atoms with Crippen LogP contribution in [0.3, 0.4) is 0 Å². The van der Waals surface area contributed by atoms with Gasteiger partial charge in [0.25, 0.3) is 0 Å². The third kappa shape index (κ3) is 17.9. The number of methoxy groups -OCH3 is 2. The van der Waals surface area contributed by atoms with E-state index in [1.165, 1.54) is 43.7 Å². The van der Waals surface area contributed by atoms with Gasteiger partial charge in [0.1, 0.15) is 37.6 Å². The van der Waals surface area contributed by atoms with Crippen molar-refractivity contribution in [3.05, 3.63) is 102 Å². The molecular weight excluding hydrogens is 797 g/mol. The molecule has 0 saturated heterocycles. The topological polar surface area (TPSA) is 167 Å². The van der Waals surface area contributed by atoms with E-state index in [1.807, 2.05) is 12.1 Å². The second kappa shape index (κ2) is 27.1. The molecule has 0 saturated carbocycles. The first-order valence-electron chi connectivity index (χ1n) is 20.9. The minimum atomic E-state index is -1.55. The summed E-state index contributed by atoms with van der Waals surface area (Å²) < 4.78 is 37.9. The molecule has 0 amide bonds. The lowest BCUT2D eigenvalue weighted by atomic mass is 9.91. The van der Waals surface area contributed by atoms with Crippen LogP contribution in [0.4, 0.5) is 0 Å². The summed E-state index contributed by atoms with van der Waals surface area (Å²) >= 11 is 0. The van der Waals surface area contributed by atoms with Crippen LogP contribution in [0.2, 0.25) is 0 Å². The second-order valence-corrected chi connectivity index (χ2v) is 15.4. The minimum absolute atomic E-state index is 0.0780. The fourth-order valence-corrected chi connectivity index (χ4v) is 6.12. The number of unbranched alkanes of at least 4 members (excludes halogenated alkanes) is 4. The van der Waals surface area contributed by atoms with E-state index in [-0.39, 0.29) is 35.5 Å². The molecule has 0 unspecified atom stereocenters. The van der Waals surface area contributed by atoms with E-state index in [4.69, 9.17) is 23.7 Å². The van der Waals surface area contributed by atoms with Crippen molar-refractivity contribution in [2.24, 2.45) is 5.41 Å². The summed E-state index contributed by atoms with van der Waals surface area (Å²) in [7, 11) is 2.29. The first kappa shape index (κ1) is 52.2. The molecule has 0 aliphatic heterocycles. The van der Waals surface area contributed by atoms with Crippen molar-refractivity contribution in [1.29, 1.82) is 0 Å². The van der Waals surface area contributed by atoms with Crippen LogP contribution in [0.15, 0.2) is 85.0 Å². The molecule has 0 aromatic heterocycles. The SMILES string of the molecule is C=C(C)C(=O)OCCCc1cc(-c2ccc(CCCCCCC)cc2CC)ccc1OCC(COC(=O)CC(=C)C(=O)OC)(COC(=O)CC(=C)C(=O)OC)COC(=O)C(=C)C. The Morgan fingerprint density at radius 3 is 1.69 bits per heavy atom. The molecule has 62 heavy (non-hydrogen) atoms. The third-order valence-corrected chi connectivity index (χ3v) is 9.80. The predicted molar refractivity (Wildman–Crippen MR) is 235 cm³/mol. The molecule has 0 N–H and O–H groups in total. The molecule has 0 radical (unpaired) electrons. The Morgan fingerprint density at radius 2 is 1.15 bits per heavy atom. The van der Waals surface area contributed by atoms with Crippen LogP contribution in [-0.4, -0.2) is 83.1 Å². The van der Waals surface area contributed by atoms with Crippen LogP contribution in [0.5, 0.6) is 5.75 Å². The lowest BCUT2D eigenvalue weighted by Gasteiger charge is -2.32. The van der Waals surface area contributed by atoms with E-state index < -0.39 is 73.9 Å². The smallest absolute Gasteiger partial charge is 0.333 e. The number of rotatable bonds is 29. The number of benzene rings is 2. The number of hydrogen-bond donors (Lipinski definition) is 0. The molecule has 0 fully saturated rings.